The zero-order chi connectivity index (χ0) is 13.5. The summed E-state index contributed by atoms with van der Waals surface area (Å²) in [6, 6.07) is 4.64. The van der Waals surface area contributed by atoms with E-state index in [2.05, 4.69) is 15.3 Å². The minimum absolute atomic E-state index is 0.220. The maximum absolute atomic E-state index is 12.4. The summed E-state index contributed by atoms with van der Waals surface area (Å²) in [5.41, 5.74) is 0.780. The fourth-order valence-corrected chi connectivity index (χ4v) is 3.78. The maximum Gasteiger partial charge on any atom is 0.323 e. The average molecular weight is 283 g/mol. The summed E-state index contributed by atoms with van der Waals surface area (Å²) < 4.78 is 26.4. The van der Waals surface area contributed by atoms with Crippen molar-refractivity contribution in [2.75, 3.05) is 26.2 Å². The number of nitrogens with two attached hydrogens (primary N) is 1. The number of fused-ring (bicyclic) bond motifs is 1. The summed E-state index contributed by atoms with van der Waals surface area (Å²) in [5.74, 6) is 0. The van der Waals surface area contributed by atoms with E-state index in [1.54, 1.807) is 6.07 Å². The minimum atomic E-state index is -3.47. The van der Waals surface area contributed by atoms with Crippen LogP contribution in [0.3, 0.4) is 0 Å². The molecule has 0 unspecified atom stereocenters. The number of nitrogens with zero attached hydrogens (tertiary/aromatic N) is 1. The molecule has 0 spiro atoms. The molecule has 2 aromatic rings. The van der Waals surface area contributed by atoms with Gasteiger partial charge in [-0.3, -0.25) is 0 Å². The van der Waals surface area contributed by atoms with Crippen LogP contribution in [-0.4, -0.2) is 48.9 Å². The molecule has 8 heteroatoms. The van der Waals surface area contributed by atoms with Crippen molar-refractivity contribution < 1.29 is 13.7 Å². The third kappa shape index (κ3) is 2.18. The van der Waals surface area contributed by atoms with Gasteiger partial charge in [0.2, 0.25) is 10.0 Å². The Hall–Kier alpha value is -1.64. The third-order valence-electron chi connectivity index (χ3n) is 3.29. The molecule has 1 aliphatic heterocycles. The van der Waals surface area contributed by atoms with Gasteiger partial charge in [0.05, 0.1) is 42.1 Å². The van der Waals surface area contributed by atoms with Crippen molar-refractivity contribution in [2.24, 2.45) is 0 Å². The standard InChI is InChI=1S/C11H14N4O3S/c16-11-13-9-2-1-8(7-10(9)14-11)19(17,18)15-5-3-12-4-6-15/h1-2,7,12H,3-6H2,(H2,13,14,16)/p+1. The van der Waals surface area contributed by atoms with Gasteiger partial charge in [-0.15, -0.1) is 0 Å². The van der Waals surface area contributed by atoms with Crippen molar-refractivity contribution in [2.45, 2.75) is 4.90 Å². The van der Waals surface area contributed by atoms with Crippen molar-refractivity contribution in [1.82, 2.24) is 14.3 Å². The first-order valence-electron chi connectivity index (χ1n) is 6.11. The maximum atomic E-state index is 12.4. The molecular weight excluding hydrogens is 268 g/mol. The number of aromatic amines is 2. The lowest BCUT2D eigenvalue weighted by Gasteiger charge is -2.24. The Balaban J connectivity index is 2.04. The molecule has 0 saturated carbocycles. The average Bonchev–Trinajstić information content (AvgIpc) is 2.78. The molecule has 1 aromatic heterocycles. The molecule has 0 bridgehead atoms. The number of piperazine rings is 1. The van der Waals surface area contributed by atoms with Crippen LogP contribution in [0.25, 0.3) is 11.0 Å². The predicted octanol–water partition coefficient (Wildman–Crippen LogP) is -1.58. The molecule has 3 rings (SSSR count). The predicted molar refractivity (Wildman–Crippen MR) is 69.3 cm³/mol. The number of rotatable bonds is 2. The zero-order valence-corrected chi connectivity index (χ0v) is 11.0. The highest BCUT2D eigenvalue weighted by Crippen LogP contribution is 2.19. The van der Waals surface area contributed by atoms with Crippen LogP contribution in [0.15, 0.2) is 27.9 Å². The van der Waals surface area contributed by atoms with Gasteiger partial charge in [0.15, 0.2) is 0 Å². The van der Waals surface area contributed by atoms with Crippen LogP contribution in [0.4, 0.5) is 0 Å². The summed E-state index contributed by atoms with van der Waals surface area (Å²) >= 11 is 0. The Bertz CT molecular complexity index is 756. The quantitative estimate of drug-likeness (QED) is 0.620. The Morgan fingerprint density at radius 1 is 1.11 bits per heavy atom. The molecule has 0 amide bonds. The number of benzene rings is 1. The number of nitrogens with one attached hydrogen (secondary N) is 2. The molecule has 0 atom stereocenters. The summed E-state index contributed by atoms with van der Waals surface area (Å²) in [6.45, 7) is 2.60. The van der Waals surface area contributed by atoms with Gasteiger partial charge in [-0.1, -0.05) is 0 Å². The van der Waals surface area contributed by atoms with Gasteiger partial charge in [0.1, 0.15) is 0 Å². The van der Waals surface area contributed by atoms with Gasteiger partial charge >= 0.3 is 5.69 Å². The minimum Gasteiger partial charge on any atom is -0.344 e. The van der Waals surface area contributed by atoms with E-state index in [9.17, 15) is 13.2 Å². The molecular formula is C11H15N4O3S+. The Morgan fingerprint density at radius 2 is 1.79 bits per heavy atom. The van der Waals surface area contributed by atoms with Gasteiger partial charge in [0, 0.05) is 0 Å². The van der Waals surface area contributed by atoms with Crippen LogP contribution in [0, 0.1) is 0 Å². The van der Waals surface area contributed by atoms with Crippen LogP contribution >= 0.6 is 0 Å². The number of imidazole rings is 1. The van der Waals surface area contributed by atoms with Crippen LogP contribution in [-0.2, 0) is 10.0 Å². The lowest BCUT2D eigenvalue weighted by Crippen LogP contribution is -2.89. The van der Waals surface area contributed by atoms with Gasteiger partial charge in [-0.2, -0.15) is 4.31 Å². The highest BCUT2D eigenvalue weighted by Gasteiger charge is 2.27. The van der Waals surface area contributed by atoms with Crippen molar-refractivity contribution in [3.05, 3.63) is 28.7 Å². The summed E-state index contributed by atoms with van der Waals surface area (Å²) in [7, 11) is -3.47. The molecule has 1 aromatic carbocycles. The van der Waals surface area contributed by atoms with E-state index in [4.69, 9.17) is 0 Å². The summed E-state index contributed by atoms with van der Waals surface area (Å²) in [4.78, 5) is 16.6. The fourth-order valence-electron chi connectivity index (χ4n) is 2.29. The SMILES string of the molecule is O=c1[nH]c2ccc(S(=O)(=O)N3CC[NH2+]CC3)cc2[nH]1. The molecule has 19 heavy (non-hydrogen) atoms. The van der Waals surface area contributed by atoms with Gasteiger partial charge < -0.3 is 15.3 Å². The molecule has 2 heterocycles. The summed E-state index contributed by atoms with van der Waals surface area (Å²) in [6.07, 6.45) is 0. The van der Waals surface area contributed by atoms with E-state index in [1.165, 1.54) is 16.4 Å². The molecule has 0 aliphatic carbocycles. The van der Waals surface area contributed by atoms with Gasteiger partial charge in [-0.25, -0.2) is 13.2 Å². The van der Waals surface area contributed by atoms with Crippen molar-refractivity contribution in [3.8, 4) is 0 Å². The van der Waals surface area contributed by atoms with Crippen molar-refractivity contribution >= 4 is 21.1 Å². The van der Waals surface area contributed by atoms with Crippen LogP contribution in [0.1, 0.15) is 0 Å². The van der Waals surface area contributed by atoms with Crippen LogP contribution in [0.2, 0.25) is 0 Å². The monoisotopic (exact) mass is 283 g/mol. The number of hydrogen-bond donors (Lipinski definition) is 3. The molecule has 1 fully saturated rings. The van der Waals surface area contributed by atoms with E-state index in [0.29, 0.717) is 24.1 Å². The van der Waals surface area contributed by atoms with E-state index in [-0.39, 0.29) is 10.6 Å². The lowest BCUT2D eigenvalue weighted by molar-refractivity contribution is -0.661. The number of aromatic nitrogens is 2. The molecule has 7 nitrogen and oxygen atoms in total. The van der Waals surface area contributed by atoms with E-state index in [1.807, 2.05) is 0 Å². The number of H-pyrrole nitrogens is 2. The Morgan fingerprint density at radius 3 is 2.53 bits per heavy atom. The topological polar surface area (TPSA) is 103 Å². The largest absolute Gasteiger partial charge is 0.344 e. The number of sulfonamides is 1. The number of quaternary nitrogens is 1. The third-order valence-corrected chi connectivity index (χ3v) is 5.19. The smallest absolute Gasteiger partial charge is 0.323 e. The Labute approximate surface area is 109 Å². The lowest BCUT2D eigenvalue weighted by atomic mass is 10.3. The van der Waals surface area contributed by atoms with Gasteiger partial charge in [-0.05, 0) is 18.2 Å². The second kappa shape index (κ2) is 4.48. The van der Waals surface area contributed by atoms with Crippen molar-refractivity contribution in [1.29, 1.82) is 0 Å². The number of hydrogen-bond acceptors (Lipinski definition) is 3. The van der Waals surface area contributed by atoms with E-state index < -0.39 is 10.0 Å². The second-order valence-electron chi connectivity index (χ2n) is 4.56. The zero-order valence-electron chi connectivity index (χ0n) is 10.2. The molecule has 4 N–H and O–H groups in total. The fraction of sp³-hybridized carbons (Fsp3) is 0.364. The molecule has 1 aliphatic rings. The summed E-state index contributed by atoms with van der Waals surface area (Å²) in [5, 5.41) is 2.10. The van der Waals surface area contributed by atoms with Crippen LogP contribution in [0.5, 0.6) is 0 Å². The first-order chi connectivity index (χ1) is 9.07. The molecule has 0 radical (unpaired) electrons. The molecule has 102 valence electrons. The Kier molecular flexibility index (Phi) is 2.92. The van der Waals surface area contributed by atoms with Crippen LogP contribution < -0.4 is 11.0 Å². The highest BCUT2D eigenvalue weighted by atomic mass is 32.2. The highest BCUT2D eigenvalue weighted by molar-refractivity contribution is 7.89. The normalized spacial score (nSPS) is 17.9. The molecule has 1 saturated heterocycles. The van der Waals surface area contributed by atoms with E-state index >= 15 is 0 Å². The second-order valence-corrected chi connectivity index (χ2v) is 6.49. The van der Waals surface area contributed by atoms with Crippen molar-refractivity contribution in [3.63, 3.8) is 0 Å². The van der Waals surface area contributed by atoms with E-state index in [0.717, 1.165) is 13.1 Å². The van der Waals surface area contributed by atoms with Gasteiger partial charge in [0.25, 0.3) is 0 Å². The first kappa shape index (κ1) is 12.4. The first-order valence-corrected chi connectivity index (χ1v) is 7.55.